The lowest BCUT2D eigenvalue weighted by Gasteiger charge is -2.32. The summed E-state index contributed by atoms with van der Waals surface area (Å²) in [5, 5.41) is 0. The van der Waals surface area contributed by atoms with E-state index in [1.165, 1.54) is 11.3 Å². The summed E-state index contributed by atoms with van der Waals surface area (Å²) in [6.07, 6.45) is 0.776. The van der Waals surface area contributed by atoms with Gasteiger partial charge in [-0.05, 0) is 24.1 Å². The van der Waals surface area contributed by atoms with Crippen LogP contribution < -0.4 is 10.6 Å². The third-order valence-corrected chi connectivity index (χ3v) is 4.80. The van der Waals surface area contributed by atoms with E-state index >= 15 is 0 Å². The third-order valence-electron chi connectivity index (χ3n) is 3.31. The molecule has 3 rings (SSSR count). The Bertz CT molecular complexity index is 671. The number of fused-ring (bicyclic) bond motifs is 1. The Kier molecular flexibility index (Phi) is 3.73. The number of hydrogen-bond acceptors (Lipinski definition) is 3. The molecule has 1 amide bonds. The van der Waals surface area contributed by atoms with Gasteiger partial charge in [0.05, 0.1) is 9.90 Å². The second kappa shape index (κ2) is 5.37. The van der Waals surface area contributed by atoms with E-state index in [4.69, 9.17) is 28.9 Å². The second-order valence-electron chi connectivity index (χ2n) is 4.75. The number of nitrogens with zero attached hydrogens (tertiary/aromatic N) is 1. The van der Waals surface area contributed by atoms with Gasteiger partial charge in [-0.25, -0.2) is 0 Å². The number of rotatable bonds is 1. The summed E-state index contributed by atoms with van der Waals surface area (Å²) >= 11 is 13.2. The van der Waals surface area contributed by atoms with Crippen LogP contribution in [-0.4, -0.2) is 18.5 Å². The zero-order valence-corrected chi connectivity index (χ0v) is 12.8. The first-order valence-corrected chi connectivity index (χ1v) is 7.73. The minimum absolute atomic E-state index is 0.0678. The Balaban J connectivity index is 2.02. The molecule has 1 aromatic heterocycles. The van der Waals surface area contributed by atoms with Gasteiger partial charge in [0.2, 0.25) is 0 Å². The van der Waals surface area contributed by atoms with Crippen LogP contribution in [0.15, 0.2) is 30.3 Å². The van der Waals surface area contributed by atoms with Gasteiger partial charge in [-0.1, -0.05) is 41.4 Å². The van der Waals surface area contributed by atoms with E-state index in [0.29, 0.717) is 20.8 Å². The van der Waals surface area contributed by atoms with Gasteiger partial charge in [0, 0.05) is 18.3 Å². The molecule has 1 aromatic carbocycles. The van der Waals surface area contributed by atoms with Crippen molar-refractivity contribution in [3.05, 3.63) is 50.1 Å². The number of halogens is 2. The molecule has 6 heteroatoms. The molecule has 1 atom stereocenters. The number of anilines is 1. The molecule has 1 aliphatic heterocycles. The van der Waals surface area contributed by atoms with Crippen molar-refractivity contribution in [3.8, 4) is 0 Å². The first-order chi connectivity index (χ1) is 9.56. The monoisotopic (exact) mass is 326 g/mol. The summed E-state index contributed by atoms with van der Waals surface area (Å²) in [4.78, 5) is 14.4. The van der Waals surface area contributed by atoms with Crippen molar-refractivity contribution in [2.45, 2.75) is 12.5 Å². The molecule has 0 aliphatic carbocycles. The fourth-order valence-corrected chi connectivity index (χ4v) is 3.90. The molecule has 0 fully saturated rings. The fourth-order valence-electron chi connectivity index (χ4n) is 2.45. The van der Waals surface area contributed by atoms with Crippen LogP contribution in [-0.2, 0) is 6.42 Å². The van der Waals surface area contributed by atoms with Gasteiger partial charge in [-0.3, -0.25) is 4.79 Å². The lowest BCUT2D eigenvalue weighted by Crippen LogP contribution is -2.46. The predicted octanol–water partition coefficient (Wildman–Crippen LogP) is 3.59. The highest BCUT2D eigenvalue weighted by Crippen LogP contribution is 2.34. The number of carbonyl (C=O) groups is 1. The number of para-hydroxylation sites is 1. The topological polar surface area (TPSA) is 46.3 Å². The molecule has 0 saturated carbocycles. The summed E-state index contributed by atoms with van der Waals surface area (Å²) in [6, 6.07) is 9.34. The Morgan fingerprint density at radius 1 is 1.35 bits per heavy atom. The van der Waals surface area contributed by atoms with Crippen LogP contribution in [0.1, 0.15) is 15.9 Å². The standard InChI is InChI=1S/C14H12Cl2N2OS/c15-12-6-10(13(16)20-12)14(19)18-7-9(17)5-8-3-1-2-4-11(8)18/h1-4,6,9H,5,7,17H2. The van der Waals surface area contributed by atoms with Crippen molar-refractivity contribution in [1.82, 2.24) is 0 Å². The molecule has 0 saturated heterocycles. The van der Waals surface area contributed by atoms with Gasteiger partial charge >= 0.3 is 0 Å². The van der Waals surface area contributed by atoms with Gasteiger partial charge in [0.15, 0.2) is 0 Å². The minimum Gasteiger partial charge on any atom is -0.326 e. The van der Waals surface area contributed by atoms with Crippen molar-refractivity contribution in [1.29, 1.82) is 0 Å². The molecule has 3 nitrogen and oxygen atoms in total. The first-order valence-electron chi connectivity index (χ1n) is 6.16. The number of hydrogen-bond donors (Lipinski definition) is 1. The molecule has 2 aromatic rings. The molecule has 20 heavy (non-hydrogen) atoms. The van der Waals surface area contributed by atoms with Crippen LogP contribution in [0.2, 0.25) is 8.67 Å². The maximum atomic E-state index is 12.7. The largest absolute Gasteiger partial charge is 0.326 e. The van der Waals surface area contributed by atoms with Crippen molar-refractivity contribution in [2.24, 2.45) is 5.73 Å². The van der Waals surface area contributed by atoms with E-state index in [-0.39, 0.29) is 11.9 Å². The zero-order valence-electron chi connectivity index (χ0n) is 10.5. The van der Waals surface area contributed by atoms with Gasteiger partial charge < -0.3 is 10.6 Å². The summed E-state index contributed by atoms with van der Waals surface area (Å²) in [6.45, 7) is 0.486. The lowest BCUT2D eigenvalue weighted by molar-refractivity contribution is 0.0984. The average molecular weight is 327 g/mol. The van der Waals surface area contributed by atoms with E-state index in [9.17, 15) is 4.79 Å². The molecule has 2 N–H and O–H groups in total. The Hall–Kier alpha value is -1.07. The summed E-state index contributed by atoms with van der Waals surface area (Å²) in [5.74, 6) is -0.152. The highest BCUT2D eigenvalue weighted by atomic mass is 35.5. The number of thiophene rings is 1. The van der Waals surface area contributed by atoms with E-state index in [0.717, 1.165) is 17.7 Å². The maximum Gasteiger partial charge on any atom is 0.260 e. The quantitative estimate of drug-likeness (QED) is 0.870. The zero-order chi connectivity index (χ0) is 14.3. The summed E-state index contributed by atoms with van der Waals surface area (Å²) in [5.41, 5.74) is 8.47. The predicted molar refractivity (Wildman–Crippen MR) is 84.1 cm³/mol. The normalized spacial score (nSPS) is 17.9. The number of amides is 1. The van der Waals surface area contributed by atoms with E-state index in [2.05, 4.69) is 0 Å². The van der Waals surface area contributed by atoms with Gasteiger partial charge in [0.1, 0.15) is 4.34 Å². The van der Waals surface area contributed by atoms with Crippen molar-refractivity contribution >= 4 is 46.1 Å². The Morgan fingerprint density at radius 3 is 2.80 bits per heavy atom. The Labute approximate surface area is 130 Å². The smallest absolute Gasteiger partial charge is 0.260 e. The molecule has 2 heterocycles. The summed E-state index contributed by atoms with van der Waals surface area (Å²) < 4.78 is 0.921. The van der Waals surface area contributed by atoms with Crippen LogP contribution in [0.3, 0.4) is 0 Å². The number of benzene rings is 1. The average Bonchev–Trinajstić information content (AvgIpc) is 2.76. The molecule has 1 unspecified atom stereocenters. The fraction of sp³-hybridized carbons (Fsp3) is 0.214. The maximum absolute atomic E-state index is 12.7. The molecule has 1 aliphatic rings. The van der Waals surface area contributed by atoms with Crippen LogP contribution in [0.5, 0.6) is 0 Å². The molecule has 104 valence electrons. The molecule has 0 radical (unpaired) electrons. The van der Waals surface area contributed by atoms with E-state index in [1.54, 1.807) is 11.0 Å². The minimum atomic E-state index is -0.152. The highest BCUT2D eigenvalue weighted by molar-refractivity contribution is 7.20. The van der Waals surface area contributed by atoms with E-state index < -0.39 is 0 Å². The number of carbonyl (C=O) groups excluding carboxylic acids is 1. The third kappa shape index (κ3) is 2.44. The van der Waals surface area contributed by atoms with E-state index in [1.807, 2.05) is 24.3 Å². The SMILES string of the molecule is NC1Cc2ccccc2N(C(=O)c2cc(Cl)sc2Cl)C1. The highest BCUT2D eigenvalue weighted by Gasteiger charge is 2.29. The van der Waals surface area contributed by atoms with Gasteiger partial charge in [-0.2, -0.15) is 0 Å². The van der Waals surface area contributed by atoms with Crippen LogP contribution >= 0.6 is 34.5 Å². The molecule has 0 spiro atoms. The Morgan fingerprint density at radius 2 is 2.10 bits per heavy atom. The first kappa shape index (κ1) is 13.9. The molecular formula is C14H12Cl2N2OS. The van der Waals surface area contributed by atoms with Gasteiger partial charge in [-0.15, -0.1) is 11.3 Å². The second-order valence-corrected chi connectivity index (χ2v) is 7.03. The van der Waals surface area contributed by atoms with Gasteiger partial charge in [0.25, 0.3) is 5.91 Å². The van der Waals surface area contributed by atoms with Crippen LogP contribution in [0, 0.1) is 0 Å². The summed E-state index contributed by atoms with van der Waals surface area (Å²) in [7, 11) is 0. The van der Waals surface area contributed by atoms with Crippen molar-refractivity contribution < 1.29 is 4.79 Å². The van der Waals surface area contributed by atoms with Crippen LogP contribution in [0.4, 0.5) is 5.69 Å². The van der Waals surface area contributed by atoms with Crippen LogP contribution in [0.25, 0.3) is 0 Å². The van der Waals surface area contributed by atoms with Crippen molar-refractivity contribution in [3.63, 3.8) is 0 Å². The lowest BCUT2D eigenvalue weighted by atomic mass is 9.98. The van der Waals surface area contributed by atoms with Crippen molar-refractivity contribution in [2.75, 3.05) is 11.4 Å². The number of nitrogens with two attached hydrogens (primary N) is 1. The molecule has 0 bridgehead atoms. The molecular weight excluding hydrogens is 315 g/mol.